The lowest BCUT2D eigenvalue weighted by atomic mass is 9.71. The first-order valence-corrected chi connectivity index (χ1v) is 8.61. The van der Waals surface area contributed by atoms with Gasteiger partial charge in [0.25, 0.3) is 0 Å². The second kappa shape index (κ2) is 7.10. The van der Waals surface area contributed by atoms with Crippen molar-refractivity contribution >= 4 is 5.91 Å². The zero-order chi connectivity index (χ0) is 15.3. The van der Waals surface area contributed by atoms with Gasteiger partial charge in [0, 0.05) is 19.0 Å². The normalized spacial score (nSPS) is 28.0. The first-order valence-electron chi connectivity index (χ1n) is 8.61. The molecule has 0 spiro atoms. The highest BCUT2D eigenvalue weighted by atomic mass is 16.3. The topological polar surface area (TPSA) is 61.4 Å². The minimum atomic E-state index is -0.686. The quantitative estimate of drug-likeness (QED) is 0.730. The maximum Gasteiger partial charge on any atom is 0.220 e. The van der Waals surface area contributed by atoms with Gasteiger partial charge in [-0.3, -0.25) is 4.79 Å². The predicted molar refractivity (Wildman–Crippen MR) is 85.1 cm³/mol. The van der Waals surface area contributed by atoms with Crippen LogP contribution in [-0.2, 0) is 4.79 Å². The number of carbonyl (C=O) groups is 1. The summed E-state index contributed by atoms with van der Waals surface area (Å²) < 4.78 is 0. The fourth-order valence-corrected chi connectivity index (χ4v) is 3.40. The molecule has 1 aliphatic carbocycles. The third-order valence-corrected chi connectivity index (χ3v) is 5.28. The van der Waals surface area contributed by atoms with Crippen LogP contribution in [0.3, 0.4) is 0 Å². The van der Waals surface area contributed by atoms with E-state index in [0.29, 0.717) is 24.4 Å². The van der Waals surface area contributed by atoms with Gasteiger partial charge < -0.3 is 15.7 Å². The van der Waals surface area contributed by atoms with Crippen molar-refractivity contribution in [1.82, 2.24) is 10.6 Å². The van der Waals surface area contributed by atoms with Crippen LogP contribution < -0.4 is 10.6 Å². The number of nitrogens with one attached hydrogen (secondary N) is 2. The van der Waals surface area contributed by atoms with Crippen LogP contribution >= 0.6 is 0 Å². The van der Waals surface area contributed by atoms with Crippen molar-refractivity contribution in [3.8, 4) is 0 Å². The minimum absolute atomic E-state index is 0.0839. The van der Waals surface area contributed by atoms with E-state index in [1.165, 1.54) is 19.3 Å². The Morgan fingerprint density at radius 1 is 1.24 bits per heavy atom. The van der Waals surface area contributed by atoms with Gasteiger partial charge in [-0.25, -0.2) is 0 Å². The first-order chi connectivity index (χ1) is 9.89. The number of amides is 1. The van der Waals surface area contributed by atoms with E-state index in [-0.39, 0.29) is 5.91 Å². The highest BCUT2D eigenvalue weighted by Crippen LogP contribution is 2.39. The average molecular weight is 296 g/mol. The molecule has 2 rings (SSSR count). The zero-order valence-electron chi connectivity index (χ0n) is 13.7. The average Bonchev–Trinajstić information content (AvgIpc) is 2.48. The largest absolute Gasteiger partial charge is 0.388 e. The molecule has 1 atom stereocenters. The number of aliphatic hydroxyl groups is 1. The Balaban J connectivity index is 1.64. The zero-order valence-corrected chi connectivity index (χ0v) is 13.7. The van der Waals surface area contributed by atoms with Gasteiger partial charge in [0.1, 0.15) is 0 Å². The van der Waals surface area contributed by atoms with Gasteiger partial charge in [-0.1, -0.05) is 20.3 Å². The molecule has 1 saturated carbocycles. The standard InChI is InChI=1S/C17H32N2O2/c1-16(2)8-10-17(21,11-9-16)13-19-15(20)7-6-14-5-3-4-12-18-14/h14,18,21H,3-13H2,1-2H3,(H,19,20). The maximum atomic E-state index is 11.9. The van der Waals surface area contributed by atoms with Crippen LogP contribution in [0.2, 0.25) is 0 Å². The third kappa shape index (κ3) is 5.59. The van der Waals surface area contributed by atoms with Crippen LogP contribution in [0.4, 0.5) is 0 Å². The van der Waals surface area contributed by atoms with Crippen LogP contribution in [0.25, 0.3) is 0 Å². The van der Waals surface area contributed by atoms with E-state index in [9.17, 15) is 9.90 Å². The Kier molecular flexibility index (Phi) is 5.67. The summed E-state index contributed by atoms with van der Waals surface area (Å²) in [5.41, 5.74) is -0.350. The smallest absolute Gasteiger partial charge is 0.220 e. The van der Waals surface area contributed by atoms with Crippen LogP contribution in [0.5, 0.6) is 0 Å². The summed E-state index contributed by atoms with van der Waals surface area (Å²) in [5, 5.41) is 17.0. The Morgan fingerprint density at radius 3 is 2.57 bits per heavy atom. The van der Waals surface area contributed by atoms with Gasteiger partial charge in [0.15, 0.2) is 0 Å². The van der Waals surface area contributed by atoms with E-state index < -0.39 is 5.60 Å². The number of hydrogen-bond donors (Lipinski definition) is 3. The molecule has 4 heteroatoms. The van der Waals surface area contributed by atoms with Gasteiger partial charge in [-0.15, -0.1) is 0 Å². The van der Waals surface area contributed by atoms with E-state index in [0.717, 1.165) is 38.6 Å². The Morgan fingerprint density at radius 2 is 1.95 bits per heavy atom. The lowest BCUT2D eigenvalue weighted by Crippen LogP contribution is -2.46. The molecule has 1 amide bonds. The summed E-state index contributed by atoms with van der Waals surface area (Å²) in [6, 6.07) is 0.503. The SMILES string of the molecule is CC1(C)CCC(O)(CNC(=O)CCC2CCCCN2)CC1. The molecule has 0 aromatic heterocycles. The van der Waals surface area contributed by atoms with Gasteiger partial charge in [-0.05, 0) is 56.9 Å². The second-order valence-corrected chi connectivity index (χ2v) is 7.85. The van der Waals surface area contributed by atoms with E-state index in [4.69, 9.17) is 0 Å². The summed E-state index contributed by atoms with van der Waals surface area (Å²) >= 11 is 0. The molecular formula is C17H32N2O2. The monoisotopic (exact) mass is 296 g/mol. The number of piperidine rings is 1. The molecule has 2 aliphatic rings. The van der Waals surface area contributed by atoms with Gasteiger partial charge in [-0.2, -0.15) is 0 Å². The van der Waals surface area contributed by atoms with Gasteiger partial charge in [0.05, 0.1) is 5.60 Å². The molecule has 0 radical (unpaired) electrons. The van der Waals surface area contributed by atoms with Crippen molar-refractivity contribution in [3.63, 3.8) is 0 Å². The molecule has 3 N–H and O–H groups in total. The molecule has 4 nitrogen and oxygen atoms in total. The van der Waals surface area contributed by atoms with E-state index in [1.807, 2.05) is 0 Å². The summed E-state index contributed by atoms with van der Waals surface area (Å²) in [6.45, 7) is 6.01. The lowest BCUT2D eigenvalue weighted by Gasteiger charge is -2.40. The van der Waals surface area contributed by atoms with Crippen LogP contribution in [-0.4, -0.2) is 35.7 Å². The summed E-state index contributed by atoms with van der Waals surface area (Å²) in [5.74, 6) is 0.0839. The van der Waals surface area contributed by atoms with Crippen LogP contribution in [0.1, 0.15) is 71.6 Å². The molecular weight excluding hydrogens is 264 g/mol. The van der Waals surface area contributed by atoms with E-state index in [1.54, 1.807) is 0 Å². The number of rotatable bonds is 5. The molecule has 0 aromatic rings. The van der Waals surface area contributed by atoms with Crippen molar-refractivity contribution in [2.75, 3.05) is 13.1 Å². The fraction of sp³-hybridized carbons (Fsp3) is 0.941. The molecule has 122 valence electrons. The van der Waals surface area contributed by atoms with Crippen molar-refractivity contribution in [2.24, 2.45) is 5.41 Å². The summed E-state index contributed by atoms with van der Waals surface area (Å²) in [4.78, 5) is 11.9. The highest BCUT2D eigenvalue weighted by molar-refractivity contribution is 5.75. The second-order valence-electron chi connectivity index (χ2n) is 7.85. The molecule has 1 unspecified atom stereocenters. The van der Waals surface area contributed by atoms with Gasteiger partial charge >= 0.3 is 0 Å². The Labute approximate surface area is 129 Å². The minimum Gasteiger partial charge on any atom is -0.388 e. The predicted octanol–water partition coefficient (Wildman–Crippen LogP) is 2.36. The van der Waals surface area contributed by atoms with Crippen molar-refractivity contribution in [3.05, 3.63) is 0 Å². The molecule has 21 heavy (non-hydrogen) atoms. The lowest BCUT2D eigenvalue weighted by molar-refractivity contribution is -0.123. The van der Waals surface area contributed by atoms with Crippen LogP contribution in [0, 0.1) is 5.41 Å². The molecule has 0 bridgehead atoms. The molecule has 2 fully saturated rings. The molecule has 1 heterocycles. The fourth-order valence-electron chi connectivity index (χ4n) is 3.40. The van der Waals surface area contributed by atoms with Gasteiger partial charge in [0.2, 0.25) is 5.91 Å². The molecule has 1 saturated heterocycles. The first kappa shape index (κ1) is 16.8. The molecule has 0 aromatic carbocycles. The Hall–Kier alpha value is -0.610. The Bertz CT molecular complexity index is 339. The highest BCUT2D eigenvalue weighted by Gasteiger charge is 2.36. The summed E-state index contributed by atoms with van der Waals surface area (Å²) in [6.07, 6.45) is 8.86. The third-order valence-electron chi connectivity index (χ3n) is 5.28. The van der Waals surface area contributed by atoms with Crippen molar-refractivity contribution < 1.29 is 9.90 Å². The number of carbonyl (C=O) groups excluding carboxylic acids is 1. The van der Waals surface area contributed by atoms with Crippen molar-refractivity contribution in [2.45, 2.75) is 83.3 Å². The number of hydrogen-bond acceptors (Lipinski definition) is 3. The summed E-state index contributed by atoms with van der Waals surface area (Å²) in [7, 11) is 0. The molecule has 1 aliphatic heterocycles. The van der Waals surface area contributed by atoms with Crippen molar-refractivity contribution in [1.29, 1.82) is 0 Å². The van der Waals surface area contributed by atoms with Crippen LogP contribution in [0.15, 0.2) is 0 Å². The maximum absolute atomic E-state index is 11.9. The van der Waals surface area contributed by atoms with E-state index in [2.05, 4.69) is 24.5 Å². The van der Waals surface area contributed by atoms with E-state index >= 15 is 0 Å².